The molecule has 0 bridgehead atoms. The lowest BCUT2D eigenvalue weighted by atomic mass is 10.1. The molecule has 30 heavy (non-hydrogen) atoms. The first-order chi connectivity index (χ1) is 14.6. The first-order valence-corrected chi connectivity index (χ1v) is 9.52. The number of aliphatic imine (C=N–C) groups is 1. The number of ether oxygens (including phenoxy) is 2. The third-order valence-electron chi connectivity index (χ3n) is 4.56. The van der Waals surface area contributed by atoms with Gasteiger partial charge in [-0.05, 0) is 36.8 Å². The van der Waals surface area contributed by atoms with Gasteiger partial charge in [0.2, 0.25) is 5.90 Å². The highest BCUT2D eigenvalue weighted by atomic mass is 16.6. The summed E-state index contributed by atoms with van der Waals surface area (Å²) in [5.74, 6) is -0.314. The summed E-state index contributed by atoms with van der Waals surface area (Å²) in [6, 6.07) is 23.8. The van der Waals surface area contributed by atoms with Crippen molar-refractivity contribution in [2.45, 2.75) is 13.3 Å². The SMILES string of the molecule is Cc1ccc(C(=O)Oc2ccccc2/C=C2/N=C(Cc3ccccc3)OC2=O)cc1. The smallest absolute Gasteiger partial charge is 0.363 e. The lowest BCUT2D eigenvalue weighted by molar-refractivity contribution is -0.130. The van der Waals surface area contributed by atoms with Gasteiger partial charge in [0.15, 0.2) is 5.70 Å². The highest BCUT2D eigenvalue weighted by molar-refractivity contribution is 6.07. The standard InChI is InChI=1S/C25H19NO4/c1-17-11-13-19(14-12-17)24(27)29-22-10-6-5-9-20(22)16-21-25(28)30-23(26-21)15-18-7-3-2-4-8-18/h2-14,16H,15H2,1H3/b21-16+. The Balaban J connectivity index is 1.55. The lowest BCUT2D eigenvalue weighted by Crippen LogP contribution is -2.09. The molecular formula is C25H19NO4. The molecule has 0 N–H and O–H groups in total. The average Bonchev–Trinajstić information content (AvgIpc) is 3.09. The first kappa shape index (κ1) is 19.3. The minimum Gasteiger partial charge on any atom is -0.422 e. The van der Waals surface area contributed by atoms with E-state index in [1.54, 1.807) is 42.5 Å². The number of hydrogen-bond donors (Lipinski definition) is 0. The topological polar surface area (TPSA) is 65.0 Å². The van der Waals surface area contributed by atoms with Gasteiger partial charge in [-0.3, -0.25) is 0 Å². The molecule has 1 aliphatic heterocycles. The number of cyclic esters (lactones) is 1. The second-order valence-electron chi connectivity index (χ2n) is 6.88. The molecule has 0 atom stereocenters. The van der Waals surface area contributed by atoms with Crippen molar-refractivity contribution in [1.29, 1.82) is 0 Å². The number of esters is 2. The Kier molecular flexibility index (Phi) is 5.52. The van der Waals surface area contributed by atoms with E-state index in [4.69, 9.17) is 9.47 Å². The van der Waals surface area contributed by atoms with Crippen molar-refractivity contribution in [2.24, 2.45) is 4.99 Å². The van der Waals surface area contributed by atoms with Gasteiger partial charge in [-0.15, -0.1) is 0 Å². The minimum absolute atomic E-state index is 0.166. The normalized spacial score (nSPS) is 14.4. The van der Waals surface area contributed by atoms with Gasteiger partial charge in [0.05, 0.1) is 5.56 Å². The first-order valence-electron chi connectivity index (χ1n) is 9.52. The second kappa shape index (κ2) is 8.57. The van der Waals surface area contributed by atoms with Crippen molar-refractivity contribution in [2.75, 3.05) is 0 Å². The van der Waals surface area contributed by atoms with Gasteiger partial charge in [-0.1, -0.05) is 66.2 Å². The third kappa shape index (κ3) is 4.52. The zero-order chi connectivity index (χ0) is 20.9. The molecule has 0 aromatic heterocycles. The Morgan fingerprint density at radius 2 is 1.67 bits per heavy atom. The molecular weight excluding hydrogens is 378 g/mol. The van der Waals surface area contributed by atoms with E-state index in [0.29, 0.717) is 29.2 Å². The Morgan fingerprint density at radius 3 is 2.43 bits per heavy atom. The number of carbonyl (C=O) groups excluding carboxylic acids is 2. The Hall–Kier alpha value is -3.99. The molecule has 0 fully saturated rings. The highest BCUT2D eigenvalue weighted by Crippen LogP contribution is 2.25. The third-order valence-corrected chi connectivity index (χ3v) is 4.56. The molecule has 0 radical (unpaired) electrons. The van der Waals surface area contributed by atoms with Crippen LogP contribution in [-0.2, 0) is 16.0 Å². The molecule has 4 rings (SSSR count). The van der Waals surface area contributed by atoms with Crippen molar-refractivity contribution in [3.8, 4) is 5.75 Å². The van der Waals surface area contributed by atoms with Gasteiger partial charge in [0, 0.05) is 12.0 Å². The van der Waals surface area contributed by atoms with Gasteiger partial charge in [0.1, 0.15) is 5.75 Å². The molecule has 5 heteroatoms. The predicted octanol–water partition coefficient (Wildman–Crippen LogP) is 4.75. The molecule has 5 nitrogen and oxygen atoms in total. The zero-order valence-electron chi connectivity index (χ0n) is 16.4. The number of aryl methyl sites for hydroxylation is 1. The van der Waals surface area contributed by atoms with Crippen LogP contribution in [0.15, 0.2) is 89.6 Å². The van der Waals surface area contributed by atoms with E-state index in [1.807, 2.05) is 49.4 Å². The van der Waals surface area contributed by atoms with E-state index < -0.39 is 11.9 Å². The Labute approximate surface area is 174 Å². The van der Waals surface area contributed by atoms with Crippen LogP contribution in [0.4, 0.5) is 0 Å². The van der Waals surface area contributed by atoms with Gasteiger partial charge in [-0.25, -0.2) is 14.6 Å². The van der Waals surface area contributed by atoms with E-state index in [1.165, 1.54) is 0 Å². The maximum absolute atomic E-state index is 12.5. The van der Waals surface area contributed by atoms with Crippen molar-refractivity contribution in [3.05, 3.63) is 107 Å². The molecule has 3 aromatic carbocycles. The molecule has 0 aliphatic carbocycles. The number of carbonyl (C=O) groups is 2. The van der Waals surface area contributed by atoms with E-state index in [0.717, 1.165) is 11.1 Å². The maximum Gasteiger partial charge on any atom is 0.363 e. The van der Waals surface area contributed by atoms with E-state index >= 15 is 0 Å². The summed E-state index contributed by atoms with van der Waals surface area (Å²) >= 11 is 0. The van der Waals surface area contributed by atoms with Crippen LogP contribution in [0.2, 0.25) is 0 Å². The van der Waals surface area contributed by atoms with Crippen molar-refractivity contribution in [3.63, 3.8) is 0 Å². The van der Waals surface area contributed by atoms with Crippen LogP contribution in [0.3, 0.4) is 0 Å². The largest absolute Gasteiger partial charge is 0.422 e. The van der Waals surface area contributed by atoms with Gasteiger partial charge in [-0.2, -0.15) is 0 Å². The average molecular weight is 397 g/mol. The molecule has 0 saturated carbocycles. The summed E-state index contributed by atoms with van der Waals surface area (Å²) in [5, 5.41) is 0. The number of para-hydroxylation sites is 1. The number of benzene rings is 3. The Morgan fingerprint density at radius 1 is 0.967 bits per heavy atom. The van der Waals surface area contributed by atoms with Crippen LogP contribution in [0.1, 0.15) is 27.0 Å². The Bertz CT molecular complexity index is 1150. The van der Waals surface area contributed by atoms with Gasteiger partial charge in [0.25, 0.3) is 0 Å². The summed E-state index contributed by atoms with van der Waals surface area (Å²) in [6.07, 6.45) is 1.99. The summed E-state index contributed by atoms with van der Waals surface area (Å²) in [7, 11) is 0. The van der Waals surface area contributed by atoms with Crippen molar-refractivity contribution < 1.29 is 19.1 Å². The van der Waals surface area contributed by atoms with Crippen LogP contribution < -0.4 is 4.74 Å². The number of hydrogen-bond acceptors (Lipinski definition) is 5. The molecule has 0 amide bonds. The van der Waals surface area contributed by atoms with Crippen LogP contribution >= 0.6 is 0 Å². The van der Waals surface area contributed by atoms with E-state index in [2.05, 4.69) is 4.99 Å². The fourth-order valence-electron chi connectivity index (χ4n) is 2.99. The highest BCUT2D eigenvalue weighted by Gasteiger charge is 2.23. The minimum atomic E-state index is -0.527. The van der Waals surface area contributed by atoms with E-state index in [9.17, 15) is 9.59 Å². The van der Waals surface area contributed by atoms with Crippen LogP contribution in [0.5, 0.6) is 5.75 Å². The fourth-order valence-corrected chi connectivity index (χ4v) is 2.99. The fraction of sp³-hybridized carbons (Fsp3) is 0.0800. The van der Waals surface area contributed by atoms with Crippen molar-refractivity contribution in [1.82, 2.24) is 0 Å². The molecule has 148 valence electrons. The lowest BCUT2D eigenvalue weighted by Gasteiger charge is -2.08. The molecule has 3 aromatic rings. The van der Waals surface area contributed by atoms with Crippen molar-refractivity contribution >= 4 is 23.9 Å². The van der Waals surface area contributed by atoms with Crippen LogP contribution in [-0.4, -0.2) is 17.8 Å². The monoisotopic (exact) mass is 397 g/mol. The summed E-state index contributed by atoms with van der Waals surface area (Å²) in [4.78, 5) is 29.0. The van der Waals surface area contributed by atoms with Gasteiger partial charge >= 0.3 is 11.9 Å². The maximum atomic E-state index is 12.5. The van der Waals surface area contributed by atoms with Crippen LogP contribution in [0.25, 0.3) is 6.08 Å². The quantitative estimate of drug-likeness (QED) is 0.354. The second-order valence-corrected chi connectivity index (χ2v) is 6.88. The van der Waals surface area contributed by atoms with Crippen LogP contribution in [0, 0.1) is 6.92 Å². The number of nitrogens with zero attached hydrogens (tertiary/aromatic N) is 1. The molecule has 1 heterocycles. The zero-order valence-corrected chi connectivity index (χ0v) is 16.4. The van der Waals surface area contributed by atoms with Gasteiger partial charge < -0.3 is 9.47 Å². The molecule has 0 spiro atoms. The molecule has 1 aliphatic rings. The predicted molar refractivity (Wildman–Crippen MR) is 114 cm³/mol. The summed E-state index contributed by atoms with van der Waals surface area (Å²) in [5.41, 5.74) is 3.24. The summed E-state index contributed by atoms with van der Waals surface area (Å²) in [6.45, 7) is 1.95. The molecule has 0 unspecified atom stereocenters. The van der Waals surface area contributed by atoms with E-state index in [-0.39, 0.29) is 5.70 Å². The summed E-state index contributed by atoms with van der Waals surface area (Å²) < 4.78 is 10.8. The number of rotatable bonds is 5. The molecule has 0 saturated heterocycles.